The summed E-state index contributed by atoms with van der Waals surface area (Å²) in [6, 6.07) is 17.7. The zero-order valence-electron chi connectivity index (χ0n) is 13.4. The molecule has 0 atom stereocenters. The predicted octanol–water partition coefficient (Wildman–Crippen LogP) is 3.04. The first-order valence-electron chi connectivity index (χ1n) is 7.85. The van der Waals surface area contributed by atoms with Crippen molar-refractivity contribution in [3.8, 4) is 0 Å². The van der Waals surface area contributed by atoms with Crippen LogP contribution in [0.4, 0.5) is 11.5 Å². The number of aromatic amines is 1. The van der Waals surface area contributed by atoms with E-state index in [0.717, 1.165) is 17.7 Å². The summed E-state index contributed by atoms with van der Waals surface area (Å²) in [6.45, 7) is 2.55. The quantitative estimate of drug-likeness (QED) is 0.651. The highest BCUT2D eigenvalue weighted by molar-refractivity contribution is 5.97. The van der Waals surface area contributed by atoms with Crippen molar-refractivity contribution in [2.75, 3.05) is 5.32 Å². The molecular weight excluding hydrogens is 302 g/mol. The molecule has 122 valence electrons. The first-order chi connectivity index (χ1) is 11.8. The van der Waals surface area contributed by atoms with E-state index in [1.807, 2.05) is 54.6 Å². The molecule has 6 nitrogen and oxygen atoms in total. The second-order valence-corrected chi connectivity index (χ2v) is 5.36. The lowest BCUT2D eigenvalue weighted by molar-refractivity contribution is 0.0946. The molecule has 0 spiro atoms. The Balaban J connectivity index is 1.66. The fourth-order valence-electron chi connectivity index (χ4n) is 2.30. The first kappa shape index (κ1) is 15.7. The first-order valence-corrected chi connectivity index (χ1v) is 7.85. The lowest BCUT2D eigenvalue weighted by Crippen LogP contribution is -2.24. The highest BCUT2D eigenvalue weighted by atomic mass is 16.2. The number of hydrogen-bond acceptors (Lipinski definition) is 4. The summed E-state index contributed by atoms with van der Waals surface area (Å²) in [4.78, 5) is 12.3. The minimum absolute atomic E-state index is 0.241. The van der Waals surface area contributed by atoms with E-state index >= 15 is 0 Å². The van der Waals surface area contributed by atoms with Crippen molar-refractivity contribution in [1.82, 2.24) is 20.7 Å². The largest absolute Gasteiger partial charge is 0.346 e. The van der Waals surface area contributed by atoms with Crippen molar-refractivity contribution in [3.63, 3.8) is 0 Å². The van der Waals surface area contributed by atoms with Gasteiger partial charge >= 0.3 is 0 Å². The van der Waals surface area contributed by atoms with Gasteiger partial charge in [-0.2, -0.15) is 5.21 Å². The molecular formula is C18H19N5O. The molecule has 0 saturated heterocycles. The average Bonchev–Trinajstić information content (AvgIpc) is 3.09. The molecule has 1 heterocycles. The maximum absolute atomic E-state index is 12.3. The third-order valence-electron chi connectivity index (χ3n) is 3.68. The van der Waals surface area contributed by atoms with Gasteiger partial charge in [0.25, 0.3) is 5.91 Å². The number of hydrogen-bond donors (Lipinski definition) is 3. The maximum atomic E-state index is 12.3. The Bertz CT molecular complexity index is 796. The Morgan fingerprint density at radius 3 is 2.46 bits per heavy atom. The monoisotopic (exact) mass is 321 g/mol. The van der Waals surface area contributed by atoms with Gasteiger partial charge in [0.15, 0.2) is 11.5 Å². The lowest BCUT2D eigenvalue weighted by atomic mass is 10.1. The number of aryl methyl sites for hydroxylation is 1. The molecule has 2 aromatic carbocycles. The summed E-state index contributed by atoms with van der Waals surface area (Å²) in [5.74, 6) is 0.130. The van der Waals surface area contributed by atoms with Gasteiger partial charge in [-0.15, -0.1) is 10.2 Å². The van der Waals surface area contributed by atoms with Crippen LogP contribution in [0, 0.1) is 0 Å². The van der Waals surface area contributed by atoms with E-state index in [9.17, 15) is 4.79 Å². The number of carbonyl (C=O) groups is 1. The Labute approximate surface area is 140 Å². The molecule has 0 fully saturated rings. The van der Waals surface area contributed by atoms with E-state index < -0.39 is 0 Å². The molecule has 1 amide bonds. The number of H-pyrrole nitrogens is 1. The number of anilines is 2. The van der Waals surface area contributed by atoms with Gasteiger partial charge in [0.2, 0.25) is 0 Å². The van der Waals surface area contributed by atoms with Crippen molar-refractivity contribution in [3.05, 3.63) is 71.4 Å². The molecule has 6 heteroatoms. The minimum Gasteiger partial charge on any atom is -0.346 e. The third-order valence-corrected chi connectivity index (χ3v) is 3.68. The van der Waals surface area contributed by atoms with Gasteiger partial charge in [0.1, 0.15) is 0 Å². The van der Waals surface area contributed by atoms with Crippen molar-refractivity contribution in [1.29, 1.82) is 0 Å². The van der Waals surface area contributed by atoms with Crippen LogP contribution in [0.3, 0.4) is 0 Å². The normalized spacial score (nSPS) is 10.4. The zero-order chi connectivity index (χ0) is 16.8. The third kappa shape index (κ3) is 3.78. The van der Waals surface area contributed by atoms with Crippen LogP contribution in [-0.2, 0) is 13.0 Å². The van der Waals surface area contributed by atoms with Crippen LogP contribution in [0.5, 0.6) is 0 Å². The number of carbonyl (C=O) groups excluding carboxylic acids is 1. The Hall–Kier alpha value is -3.15. The van der Waals surface area contributed by atoms with Crippen LogP contribution in [0.1, 0.15) is 28.5 Å². The maximum Gasteiger partial charge on any atom is 0.275 e. The number of aromatic nitrogens is 3. The molecule has 3 N–H and O–H groups in total. The average molecular weight is 321 g/mol. The van der Waals surface area contributed by atoms with Crippen molar-refractivity contribution < 1.29 is 4.79 Å². The minimum atomic E-state index is -0.278. The molecule has 1 aromatic heterocycles. The summed E-state index contributed by atoms with van der Waals surface area (Å²) in [5, 5.41) is 16.4. The standard InChI is InChI=1S/C18H19N5O/c1-2-13-8-10-15(11-9-13)20-17-16(21-23-22-17)18(24)19-12-14-6-4-3-5-7-14/h3-11H,2,12H2,1H3,(H,19,24)(H2,20,21,22,23). The molecule has 0 unspecified atom stereocenters. The van der Waals surface area contributed by atoms with Gasteiger partial charge in [0, 0.05) is 12.2 Å². The highest BCUT2D eigenvalue weighted by Gasteiger charge is 2.16. The van der Waals surface area contributed by atoms with E-state index in [-0.39, 0.29) is 11.6 Å². The number of nitrogens with zero attached hydrogens (tertiary/aromatic N) is 2. The van der Waals surface area contributed by atoms with Crippen LogP contribution in [0.2, 0.25) is 0 Å². The molecule has 0 aliphatic heterocycles. The van der Waals surface area contributed by atoms with Gasteiger partial charge in [-0.1, -0.05) is 49.4 Å². The number of benzene rings is 2. The molecule has 3 aromatic rings. The van der Waals surface area contributed by atoms with E-state index in [1.165, 1.54) is 5.56 Å². The molecule has 0 aliphatic carbocycles. The van der Waals surface area contributed by atoms with Gasteiger partial charge in [-0.05, 0) is 29.7 Å². The Kier molecular flexibility index (Phi) is 4.86. The summed E-state index contributed by atoms with van der Waals surface area (Å²) in [5.41, 5.74) is 3.38. The topological polar surface area (TPSA) is 82.7 Å². The Morgan fingerprint density at radius 2 is 1.75 bits per heavy atom. The van der Waals surface area contributed by atoms with Crippen molar-refractivity contribution in [2.24, 2.45) is 0 Å². The second-order valence-electron chi connectivity index (χ2n) is 5.36. The molecule has 0 aliphatic rings. The highest BCUT2D eigenvalue weighted by Crippen LogP contribution is 2.17. The second kappa shape index (κ2) is 7.41. The van der Waals surface area contributed by atoms with Crippen molar-refractivity contribution in [2.45, 2.75) is 19.9 Å². The van der Waals surface area contributed by atoms with Gasteiger partial charge in [0.05, 0.1) is 0 Å². The zero-order valence-corrected chi connectivity index (χ0v) is 13.4. The number of amides is 1. The smallest absolute Gasteiger partial charge is 0.275 e. The van der Waals surface area contributed by atoms with Crippen LogP contribution in [0.15, 0.2) is 54.6 Å². The van der Waals surface area contributed by atoms with Crippen LogP contribution < -0.4 is 10.6 Å². The molecule has 0 radical (unpaired) electrons. The fraction of sp³-hybridized carbons (Fsp3) is 0.167. The Morgan fingerprint density at radius 1 is 1.00 bits per heavy atom. The van der Waals surface area contributed by atoms with Crippen LogP contribution in [-0.4, -0.2) is 21.3 Å². The van der Waals surface area contributed by atoms with E-state index in [2.05, 4.69) is 33.0 Å². The van der Waals surface area contributed by atoms with Crippen molar-refractivity contribution >= 4 is 17.4 Å². The number of rotatable bonds is 6. The summed E-state index contributed by atoms with van der Waals surface area (Å²) in [7, 11) is 0. The number of nitrogens with one attached hydrogen (secondary N) is 3. The fourth-order valence-corrected chi connectivity index (χ4v) is 2.30. The SMILES string of the molecule is CCc1ccc(Nc2n[nH]nc2C(=O)NCc2ccccc2)cc1. The molecule has 0 bridgehead atoms. The van der Waals surface area contributed by atoms with E-state index in [0.29, 0.717) is 12.4 Å². The van der Waals surface area contributed by atoms with Gasteiger partial charge < -0.3 is 10.6 Å². The van der Waals surface area contributed by atoms with Crippen LogP contribution in [0.25, 0.3) is 0 Å². The van der Waals surface area contributed by atoms with Gasteiger partial charge in [-0.3, -0.25) is 4.79 Å². The van der Waals surface area contributed by atoms with E-state index in [1.54, 1.807) is 0 Å². The predicted molar refractivity (Wildman–Crippen MR) is 93.1 cm³/mol. The van der Waals surface area contributed by atoms with E-state index in [4.69, 9.17) is 0 Å². The molecule has 24 heavy (non-hydrogen) atoms. The molecule has 0 saturated carbocycles. The van der Waals surface area contributed by atoms with Crippen LogP contribution >= 0.6 is 0 Å². The summed E-state index contributed by atoms with van der Waals surface area (Å²) in [6.07, 6.45) is 0.984. The summed E-state index contributed by atoms with van der Waals surface area (Å²) < 4.78 is 0. The lowest BCUT2D eigenvalue weighted by Gasteiger charge is -2.07. The van der Waals surface area contributed by atoms with Gasteiger partial charge in [-0.25, -0.2) is 0 Å². The summed E-state index contributed by atoms with van der Waals surface area (Å²) >= 11 is 0. The molecule has 3 rings (SSSR count).